The van der Waals surface area contributed by atoms with Crippen molar-refractivity contribution in [3.05, 3.63) is 76.3 Å². The summed E-state index contributed by atoms with van der Waals surface area (Å²) in [5, 5.41) is 4.32. The highest BCUT2D eigenvalue weighted by molar-refractivity contribution is 7.89. The summed E-state index contributed by atoms with van der Waals surface area (Å²) in [4.78, 5) is 9.18. The van der Waals surface area contributed by atoms with Crippen LogP contribution in [0.2, 0.25) is 5.02 Å². The Balaban J connectivity index is 1.86. The second-order valence-electron chi connectivity index (χ2n) is 8.00. The Kier molecular flexibility index (Phi) is 5.27. The van der Waals surface area contributed by atoms with Crippen LogP contribution in [0.5, 0.6) is 5.75 Å². The number of hydrogen-bond acceptors (Lipinski definition) is 7. The minimum Gasteiger partial charge on any atom is -0.439 e. The van der Waals surface area contributed by atoms with Gasteiger partial charge in [-0.05, 0) is 35.9 Å². The van der Waals surface area contributed by atoms with Gasteiger partial charge in [-0.15, -0.1) is 0 Å². The molecule has 0 saturated heterocycles. The van der Waals surface area contributed by atoms with E-state index in [4.69, 9.17) is 22.1 Å². The van der Waals surface area contributed by atoms with Gasteiger partial charge in [0.25, 0.3) is 0 Å². The summed E-state index contributed by atoms with van der Waals surface area (Å²) in [5.41, 5.74) is 9.06. The summed E-state index contributed by atoms with van der Waals surface area (Å²) >= 11 is 6.15. The molecule has 1 atom stereocenters. The smallest absolute Gasteiger partial charge is 0.243 e. The number of nitrogens with two attached hydrogens (primary N) is 1. The maximum absolute atomic E-state index is 13.3. The number of hydrogen-bond donors (Lipinski definition) is 2. The van der Waals surface area contributed by atoms with E-state index in [1.807, 2.05) is 12.1 Å². The number of fused-ring (bicyclic) bond motifs is 3. The summed E-state index contributed by atoms with van der Waals surface area (Å²) in [6.45, 7) is 1.30. The predicted molar refractivity (Wildman–Crippen MR) is 128 cm³/mol. The van der Waals surface area contributed by atoms with Gasteiger partial charge >= 0.3 is 0 Å². The Morgan fingerprint density at radius 3 is 2.64 bits per heavy atom. The molecule has 2 aromatic carbocycles. The SMILES string of the molecule is CN(C)S(=O)(=O)c1cc2c(c3ncccc13)OC(N)=C(C1=NCCN1)C2c1ccc(Cl)cc1. The molecular weight excluding hydrogens is 462 g/mol. The summed E-state index contributed by atoms with van der Waals surface area (Å²) in [7, 11) is -0.767. The van der Waals surface area contributed by atoms with Gasteiger partial charge in [-0.25, -0.2) is 12.7 Å². The second kappa shape index (κ2) is 8.02. The molecule has 33 heavy (non-hydrogen) atoms. The van der Waals surface area contributed by atoms with Crippen LogP contribution < -0.4 is 15.8 Å². The molecule has 0 aliphatic carbocycles. The van der Waals surface area contributed by atoms with Crippen LogP contribution in [0.25, 0.3) is 10.9 Å². The number of rotatable bonds is 4. The van der Waals surface area contributed by atoms with Crippen molar-refractivity contribution >= 4 is 38.4 Å². The molecule has 1 unspecified atom stereocenters. The molecule has 5 rings (SSSR count). The molecule has 0 bridgehead atoms. The molecule has 2 aliphatic rings. The molecule has 2 aliphatic heterocycles. The van der Waals surface area contributed by atoms with Gasteiger partial charge in [0.05, 0.1) is 17.0 Å². The van der Waals surface area contributed by atoms with E-state index >= 15 is 0 Å². The van der Waals surface area contributed by atoms with E-state index in [1.54, 1.807) is 36.5 Å². The maximum Gasteiger partial charge on any atom is 0.243 e. The van der Waals surface area contributed by atoms with Crippen molar-refractivity contribution in [2.75, 3.05) is 27.2 Å². The fourth-order valence-corrected chi connectivity index (χ4v) is 5.47. The predicted octanol–water partition coefficient (Wildman–Crippen LogP) is 2.83. The number of nitrogens with one attached hydrogen (secondary N) is 1. The standard InChI is InChI=1S/C23H22ClN5O3S/c1-29(2)33(30,31)17-12-16-18(13-5-7-14(24)8-6-13)19(23-27-10-11-28-23)22(25)32-21(16)20-15(17)4-3-9-26-20/h3-9,12,18H,10-11,25H2,1-2H3,(H,27,28). The summed E-state index contributed by atoms with van der Waals surface area (Å²) in [5.74, 6) is 0.836. The van der Waals surface area contributed by atoms with Crippen LogP contribution in [0.3, 0.4) is 0 Å². The van der Waals surface area contributed by atoms with E-state index < -0.39 is 15.9 Å². The molecule has 170 valence electrons. The van der Waals surface area contributed by atoms with Crippen LogP contribution >= 0.6 is 11.6 Å². The van der Waals surface area contributed by atoms with E-state index in [0.29, 0.717) is 51.7 Å². The molecular formula is C23H22ClN5O3S. The van der Waals surface area contributed by atoms with E-state index in [1.165, 1.54) is 18.4 Å². The molecule has 1 aromatic heterocycles. The molecule has 10 heteroatoms. The van der Waals surface area contributed by atoms with Gasteiger partial charge in [-0.1, -0.05) is 23.7 Å². The Morgan fingerprint density at radius 1 is 1.21 bits per heavy atom. The molecule has 0 saturated carbocycles. The van der Waals surface area contributed by atoms with Crippen molar-refractivity contribution in [2.45, 2.75) is 10.8 Å². The first kappa shape index (κ1) is 21.7. The fourth-order valence-electron chi connectivity index (χ4n) is 4.23. The molecule has 3 aromatic rings. The monoisotopic (exact) mass is 483 g/mol. The lowest BCUT2D eigenvalue weighted by Crippen LogP contribution is -2.32. The topological polar surface area (TPSA) is 110 Å². The zero-order chi connectivity index (χ0) is 23.3. The summed E-state index contributed by atoms with van der Waals surface area (Å²) < 4.78 is 33.9. The number of pyridine rings is 1. The van der Waals surface area contributed by atoms with Crippen LogP contribution in [-0.2, 0) is 10.0 Å². The van der Waals surface area contributed by atoms with Crippen LogP contribution in [-0.4, -0.2) is 50.7 Å². The molecule has 0 fully saturated rings. The van der Waals surface area contributed by atoms with E-state index in [9.17, 15) is 8.42 Å². The van der Waals surface area contributed by atoms with E-state index in [-0.39, 0.29) is 10.8 Å². The number of benzene rings is 2. The number of amidine groups is 1. The maximum atomic E-state index is 13.3. The van der Waals surface area contributed by atoms with E-state index in [2.05, 4.69) is 15.3 Å². The Hall–Kier alpha value is -3.14. The third-order valence-electron chi connectivity index (χ3n) is 5.81. The number of ether oxygens (including phenoxy) is 1. The first-order chi connectivity index (χ1) is 15.8. The van der Waals surface area contributed by atoms with Gasteiger partial charge in [0, 0.05) is 48.7 Å². The molecule has 0 radical (unpaired) electrons. The summed E-state index contributed by atoms with van der Waals surface area (Å²) in [6, 6.07) is 12.5. The molecule has 0 amide bonds. The molecule has 8 nitrogen and oxygen atoms in total. The Bertz CT molecular complexity index is 1430. The molecule has 0 spiro atoms. The number of aromatic nitrogens is 1. The highest BCUT2D eigenvalue weighted by Gasteiger charge is 2.37. The normalized spacial score (nSPS) is 18.2. The zero-order valence-electron chi connectivity index (χ0n) is 18.0. The van der Waals surface area contributed by atoms with Gasteiger partial charge in [0.1, 0.15) is 11.4 Å². The van der Waals surface area contributed by atoms with Crippen molar-refractivity contribution in [1.29, 1.82) is 0 Å². The Morgan fingerprint density at radius 2 is 1.97 bits per heavy atom. The van der Waals surface area contributed by atoms with Gasteiger partial charge in [0.15, 0.2) is 11.6 Å². The lowest BCUT2D eigenvalue weighted by atomic mass is 9.82. The third kappa shape index (κ3) is 3.52. The first-order valence-electron chi connectivity index (χ1n) is 10.3. The highest BCUT2D eigenvalue weighted by atomic mass is 35.5. The van der Waals surface area contributed by atoms with Gasteiger partial charge in [0.2, 0.25) is 10.0 Å². The highest BCUT2D eigenvalue weighted by Crippen LogP contribution is 2.47. The van der Waals surface area contributed by atoms with E-state index in [0.717, 1.165) is 5.56 Å². The van der Waals surface area contributed by atoms with Crippen molar-refractivity contribution < 1.29 is 13.2 Å². The fraction of sp³-hybridized carbons (Fsp3) is 0.217. The second-order valence-corrected chi connectivity index (χ2v) is 10.6. The molecule has 3 heterocycles. The van der Waals surface area contributed by atoms with Crippen LogP contribution in [0.4, 0.5) is 0 Å². The number of halogens is 1. The van der Waals surface area contributed by atoms with Crippen molar-refractivity contribution in [2.24, 2.45) is 10.7 Å². The lowest BCUT2D eigenvalue weighted by molar-refractivity contribution is 0.398. The van der Waals surface area contributed by atoms with Crippen molar-refractivity contribution in [3.63, 3.8) is 0 Å². The lowest BCUT2D eigenvalue weighted by Gasteiger charge is -2.31. The number of aliphatic imine (C=N–C) groups is 1. The van der Waals surface area contributed by atoms with Crippen molar-refractivity contribution in [3.8, 4) is 5.75 Å². The van der Waals surface area contributed by atoms with Crippen LogP contribution in [0, 0.1) is 0 Å². The summed E-state index contributed by atoms with van der Waals surface area (Å²) in [6.07, 6.45) is 1.60. The quantitative estimate of drug-likeness (QED) is 0.590. The van der Waals surface area contributed by atoms with Crippen LogP contribution in [0.1, 0.15) is 17.0 Å². The van der Waals surface area contributed by atoms with Gasteiger partial charge in [-0.2, -0.15) is 0 Å². The Labute approximate surface area is 196 Å². The third-order valence-corrected chi connectivity index (χ3v) is 7.91. The average Bonchev–Trinajstić information content (AvgIpc) is 3.33. The van der Waals surface area contributed by atoms with Crippen LogP contribution in [0.15, 0.2) is 70.0 Å². The average molecular weight is 484 g/mol. The first-order valence-corrected chi connectivity index (χ1v) is 12.2. The molecule has 3 N–H and O–H groups in total. The minimum absolute atomic E-state index is 0.151. The van der Waals surface area contributed by atoms with Gasteiger partial charge in [-0.3, -0.25) is 9.98 Å². The largest absolute Gasteiger partial charge is 0.439 e. The van der Waals surface area contributed by atoms with Crippen molar-refractivity contribution in [1.82, 2.24) is 14.6 Å². The number of nitrogens with zero attached hydrogens (tertiary/aromatic N) is 3. The zero-order valence-corrected chi connectivity index (χ0v) is 19.6. The van der Waals surface area contributed by atoms with Gasteiger partial charge < -0.3 is 15.8 Å². The number of sulfonamides is 1. The minimum atomic E-state index is -3.78.